The predicted octanol–water partition coefficient (Wildman–Crippen LogP) is 5.22. The molecule has 0 N–H and O–H groups in total. The van der Waals surface area contributed by atoms with Crippen LogP contribution in [0.15, 0.2) is 12.3 Å². The van der Waals surface area contributed by atoms with Crippen LogP contribution in [0.4, 0.5) is 0 Å². The third-order valence-corrected chi connectivity index (χ3v) is 4.28. The molecule has 1 aliphatic carbocycles. The molecule has 0 spiro atoms. The fourth-order valence-electron chi connectivity index (χ4n) is 3.00. The quantitative estimate of drug-likeness (QED) is 0.636. The number of ether oxygens (including phenoxy) is 1. The van der Waals surface area contributed by atoms with Crippen LogP contribution in [-0.4, -0.2) is 11.1 Å². The Morgan fingerprint density at radius 2 is 1.95 bits per heavy atom. The summed E-state index contributed by atoms with van der Waals surface area (Å²) in [6.45, 7) is 4.41. The van der Waals surface area contributed by atoms with Gasteiger partial charge in [0.15, 0.2) is 0 Å². The van der Waals surface area contributed by atoms with Gasteiger partial charge in [0.25, 0.3) is 0 Å². The Bertz CT molecular complexity index is 396. The number of unbranched alkanes of at least 4 members (excludes halogenated alkanes) is 3. The SMILES string of the molecule is CCCCCCc1ncc(OC2CCCCC2)cc1C. The van der Waals surface area contributed by atoms with Crippen LogP contribution in [0.25, 0.3) is 0 Å². The highest BCUT2D eigenvalue weighted by atomic mass is 16.5. The fraction of sp³-hybridized carbons (Fsp3) is 0.722. The average molecular weight is 275 g/mol. The van der Waals surface area contributed by atoms with Gasteiger partial charge in [0.05, 0.1) is 12.3 Å². The molecular weight excluding hydrogens is 246 g/mol. The van der Waals surface area contributed by atoms with Gasteiger partial charge in [-0.2, -0.15) is 0 Å². The molecule has 1 aliphatic rings. The molecule has 0 radical (unpaired) electrons. The molecule has 0 saturated heterocycles. The fourth-order valence-corrected chi connectivity index (χ4v) is 3.00. The third-order valence-electron chi connectivity index (χ3n) is 4.28. The summed E-state index contributed by atoms with van der Waals surface area (Å²) in [5.41, 5.74) is 2.53. The predicted molar refractivity (Wildman–Crippen MR) is 84.3 cm³/mol. The second kappa shape index (κ2) is 8.28. The summed E-state index contributed by atoms with van der Waals surface area (Å²) >= 11 is 0. The number of hydrogen-bond donors (Lipinski definition) is 0. The molecule has 1 fully saturated rings. The van der Waals surface area contributed by atoms with Crippen molar-refractivity contribution in [2.45, 2.75) is 84.2 Å². The van der Waals surface area contributed by atoms with E-state index < -0.39 is 0 Å². The van der Waals surface area contributed by atoms with Gasteiger partial charge in [-0.15, -0.1) is 0 Å². The van der Waals surface area contributed by atoms with Crippen molar-refractivity contribution >= 4 is 0 Å². The van der Waals surface area contributed by atoms with Crippen molar-refractivity contribution in [1.29, 1.82) is 0 Å². The summed E-state index contributed by atoms with van der Waals surface area (Å²) in [6.07, 6.45) is 15.1. The topological polar surface area (TPSA) is 22.1 Å². The molecule has 0 bridgehead atoms. The molecule has 1 aromatic heterocycles. The number of aryl methyl sites for hydroxylation is 2. The maximum atomic E-state index is 6.07. The molecule has 20 heavy (non-hydrogen) atoms. The minimum Gasteiger partial charge on any atom is -0.489 e. The molecule has 112 valence electrons. The van der Waals surface area contributed by atoms with Gasteiger partial charge in [0.2, 0.25) is 0 Å². The van der Waals surface area contributed by atoms with E-state index in [0.717, 1.165) is 12.2 Å². The molecule has 1 aromatic rings. The summed E-state index contributed by atoms with van der Waals surface area (Å²) in [6, 6.07) is 2.18. The lowest BCUT2D eigenvalue weighted by atomic mass is 9.98. The number of rotatable bonds is 7. The largest absolute Gasteiger partial charge is 0.489 e. The van der Waals surface area contributed by atoms with Crippen LogP contribution < -0.4 is 4.74 Å². The molecule has 2 heteroatoms. The van der Waals surface area contributed by atoms with Gasteiger partial charge in [0, 0.05) is 5.69 Å². The second-order valence-electron chi connectivity index (χ2n) is 6.12. The van der Waals surface area contributed by atoms with Crippen LogP contribution in [-0.2, 0) is 6.42 Å². The van der Waals surface area contributed by atoms with Gasteiger partial charge < -0.3 is 4.74 Å². The zero-order valence-corrected chi connectivity index (χ0v) is 13.2. The van der Waals surface area contributed by atoms with Crippen LogP contribution >= 0.6 is 0 Å². The first-order chi connectivity index (χ1) is 9.79. The van der Waals surface area contributed by atoms with E-state index >= 15 is 0 Å². The Hall–Kier alpha value is -1.05. The van der Waals surface area contributed by atoms with Gasteiger partial charge in [-0.25, -0.2) is 0 Å². The lowest BCUT2D eigenvalue weighted by Gasteiger charge is -2.23. The number of aromatic nitrogens is 1. The van der Waals surface area contributed by atoms with E-state index in [1.165, 1.54) is 69.0 Å². The third kappa shape index (κ3) is 4.81. The summed E-state index contributed by atoms with van der Waals surface area (Å²) in [7, 11) is 0. The van der Waals surface area contributed by atoms with Crippen LogP contribution in [0.5, 0.6) is 5.75 Å². The van der Waals surface area contributed by atoms with E-state index in [2.05, 4.69) is 24.9 Å². The van der Waals surface area contributed by atoms with Crippen molar-refractivity contribution < 1.29 is 4.74 Å². The van der Waals surface area contributed by atoms with Crippen molar-refractivity contribution in [3.63, 3.8) is 0 Å². The first kappa shape index (κ1) is 15.3. The Morgan fingerprint density at radius 1 is 1.15 bits per heavy atom. The molecule has 0 aliphatic heterocycles. The molecule has 0 atom stereocenters. The van der Waals surface area contributed by atoms with Gasteiger partial charge in [0.1, 0.15) is 5.75 Å². The Kier molecular flexibility index (Phi) is 6.35. The van der Waals surface area contributed by atoms with Crippen molar-refractivity contribution in [1.82, 2.24) is 4.98 Å². The normalized spacial score (nSPS) is 16.3. The zero-order valence-electron chi connectivity index (χ0n) is 13.2. The summed E-state index contributed by atoms with van der Waals surface area (Å²) < 4.78 is 6.07. The Balaban J connectivity index is 1.84. The summed E-state index contributed by atoms with van der Waals surface area (Å²) in [5.74, 6) is 0.965. The Morgan fingerprint density at radius 3 is 2.65 bits per heavy atom. The number of hydrogen-bond acceptors (Lipinski definition) is 2. The molecule has 2 nitrogen and oxygen atoms in total. The molecule has 1 saturated carbocycles. The highest BCUT2D eigenvalue weighted by molar-refractivity contribution is 5.28. The first-order valence-electron chi connectivity index (χ1n) is 8.41. The maximum Gasteiger partial charge on any atom is 0.138 e. The van der Waals surface area contributed by atoms with Gasteiger partial charge in [-0.05, 0) is 57.1 Å². The van der Waals surface area contributed by atoms with Gasteiger partial charge >= 0.3 is 0 Å². The van der Waals surface area contributed by atoms with Gasteiger partial charge in [-0.3, -0.25) is 4.98 Å². The molecule has 0 aromatic carbocycles. The standard InChI is InChI=1S/C18H29NO/c1-3-4-5-9-12-18-15(2)13-17(14-19-18)20-16-10-7-6-8-11-16/h13-14,16H,3-12H2,1-2H3. The monoisotopic (exact) mass is 275 g/mol. The highest BCUT2D eigenvalue weighted by Crippen LogP contribution is 2.24. The van der Waals surface area contributed by atoms with E-state index in [9.17, 15) is 0 Å². The smallest absolute Gasteiger partial charge is 0.138 e. The molecular formula is C18H29NO. The van der Waals surface area contributed by atoms with E-state index in [1.54, 1.807) is 0 Å². The van der Waals surface area contributed by atoms with E-state index in [-0.39, 0.29) is 0 Å². The molecule has 0 unspecified atom stereocenters. The molecule has 2 rings (SSSR count). The maximum absolute atomic E-state index is 6.07. The molecule has 0 amide bonds. The van der Waals surface area contributed by atoms with E-state index in [1.807, 2.05) is 6.20 Å². The lowest BCUT2D eigenvalue weighted by Crippen LogP contribution is -2.19. The highest BCUT2D eigenvalue weighted by Gasteiger charge is 2.15. The van der Waals surface area contributed by atoms with Gasteiger partial charge in [-0.1, -0.05) is 32.6 Å². The summed E-state index contributed by atoms with van der Waals surface area (Å²) in [5, 5.41) is 0. The minimum atomic E-state index is 0.417. The second-order valence-corrected chi connectivity index (χ2v) is 6.12. The van der Waals surface area contributed by atoms with Crippen LogP contribution in [0, 0.1) is 6.92 Å². The summed E-state index contributed by atoms with van der Waals surface area (Å²) in [4.78, 5) is 4.62. The van der Waals surface area contributed by atoms with Crippen molar-refractivity contribution in [2.75, 3.05) is 0 Å². The van der Waals surface area contributed by atoms with E-state index in [4.69, 9.17) is 4.74 Å². The number of pyridine rings is 1. The Labute approximate surface area is 124 Å². The van der Waals surface area contributed by atoms with Crippen molar-refractivity contribution in [3.05, 3.63) is 23.5 Å². The lowest BCUT2D eigenvalue weighted by molar-refractivity contribution is 0.154. The van der Waals surface area contributed by atoms with Crippen LogP contribution in [0.1, 0.15) is 76.0 Å². The van der Waals surface area contributed by atoms with Crippen LogP contribution in [0.3, 0.4) is 0 Å². The molecule has 1 heterocycles. The number of nitrogens with zero attached hydrogens (tertiary/aromatic N) is 1. The average Bonchev–Trinajstić information content (AvgIpc) is 2.46. The van der Waals surface area contributed by atoms with Crippen molar-refractivity contribution in [2.24, 2.45) is 0 Å². The van der Waals surface area contributed by atoms with Crippen LogP contribution in [0.2, 0.25) is 0 Å². The van der Waals surface area contributed by atoms with Crippen molar-refractivity contribution in [3.8, 4) is 5.75 Å². The zero-order chi connectivity index (χ0) is 14.2. The first-order valence-corrected chi connectivity index (χ1v) is 8.41. The minimum absolute atomic E-state index is 0.417. The van der Waals surface area contributed by atoms with E-state index in [0.29, 0.717) is 6.10 Å².